The quantitative estimate of drug-likeness (QED) is 0.133. The van der Waals surface area contributed by atoms with Gasteiger partial charge in [0.05, 0.1) is 10.9 Å². The van der Waals surface area contributed by atoms with Gasteiger partial charge in [0.15, 0.2) is 5.82 Å². The minimum absolute atomic E-state index is 0.218. The van der Waals surface area contributed by atoms with Crippen molar-refractivity contribution in [3.8, 4) is 0 Å². The Hall–Kier alpha value is -4.76. The molecule has 0 aliphatic rings. The van der Waals surface area contributed by atoms with Gasteiger partial charge in [-0.2, -0.15) is 18.3 Å². The number of aromatic amines is 1. The van der Waals surface area contributed by atoms with Crippen molar-refractivity contribution in [2.75, 3.05) is 5.32 Å². The van der Waals surface area contributed by atoms with Crippen LogP contribution in [-0.2, 0) is 16.6 Å². The molecular formula is C35H24BrF4N3O. The molecule has 0 saturated heterocycles. The topological polar surface area (TPSA) is 57.8 Å². The molecule has 1 aromatic heterocycles. The van der Waals surface area contributed by atoms with Gasteiger partial charge in [-0.3, -0.25) is 9.89 Å². The number of hydrogen-bond donors (Lipinski definition) is 2. The van der Waals surface area contributed by atoms with Crippen LogP contribution in [0.5, 0.6) is 0 Å². The van der Waals surface area contributed by atoms with E-state index in [1.165, 1.54) is 12.1 Å². The van der Waals surface area contributed by atoms with E-state index < -0.39 is 23.3 Å². The van der Waals surface area contributed by atoms with Crippen LogP contribution in [0, 0.1) is 5.82 Å². The fourth-order valence-corrected chi connectivity index (χ4v) is 6.47. The third kappa shape index (κ3) is 5.28. The lowest BCUT2D eigenvalue weighted by molar-refractivity contribution is -0.167. The van der Waals surface area contributed by atoms with Crippen molar-refractivity contribution in [2.24, 2.45) is 0 Å². The molecule has 5 aromatic carbocycles. The van der Waals surface area contributed by atoms with Crippen LogP contribution in [0.15, 0.2) is 126 Å². The van der Waals surface area contributed by atoms with E-state index in [2.05, 4.69) is 26.1 Å². The highest BCUT2D eigenvalue weighted by atomic mass is 79.9. The number of rotatable bonds is 7. The van der Waals surface area contributed by atoms with Crippen molar-refractivity contribution >= 4 is 38.6 Å². The number of carbonyl (C=O) groups is 1. The number of alkyl halides is 3. The van der Waals surface area contributed by atoms with Crippen molar-refractivity contribution in [1.29, 1.82) is 0 Å². The zero-order valence-electron chi connectivity index (χ0n) is 23.0. The predicted octanol–water partition coefficient (Wildman–Crippen LogP) is 8.94. The van der Waals surface area contributed by atoms with E-state index in [9.17, 15) is 22.4 Å². The van der Waals surface area contributed by atoms with E-state index in [4.69, 9.17) is 0 Å². The minimum Gasteiger partial charge on any atom is -0.301 e. The SMILES string of the molecule is O=C(Nc1n[nH]c2cc(Br)c(Cc3cccc(F)c3)c(C(c3ccccc3)(c3ccccc3)c3ccccc3)c12)C(F)(F)F. The first-order chi connectivity index (χ1) is 21.2. The molecule has 2 N–H and O–H groups in total. The molecule has 0 atom stereocenters. The van der Waals surface area contributed by atoms with Gasteiger partial charge in [0.1, 0.15) is 5.82 Å². The lowest BCUT2D eigenvalue weighted by Crippen LogP contribution is -2.33. The number of benzene rings is 5. The molecule has 1 amide bonds. The molecule has 0 unspecified atom stereocenters. The molecule has 6 rings (SSSR count). The number of nitrogens with zero attached hydrogens (tertiary/aromatic N) is 1. The molecule has 44 heavy (non-hydrogen) atoms. The number of anilines is 1. The molecular weight excluding hydrogens is 634 g/mol. The standard InChI is InChI=1S/C35H24BrF4N3O/c36-28-21-29-30(32(43-42-29)41-33(44)35(38,39)40)31(27(28)20-22-11-10-18-26(37)19-22)34(23-12-4-1-5-13-23,24-14-6-2-7-15-24)25-16-8-3-9-17-25/h1-19,21H,20H2,(H2,41,42,43,44). The summed E-state index contributed by atoms with van der Waals surface area (Å²) in [4.78, 5) is 12.3. The largest absolute Gasteiger partial charge is 0.471 e. The Morgan fingerprint density at radius 2 is 1.32 bits per heavy atom. The monoisotopic (exact) mass is 657 g/mol. The van der Waals surface area contributed by atoms with Gasteiger partial charge in [-0.15, -0.1) is 0 Å². The van der Waals surface area contributed by atoms with E-state index in [-0.39, 0.29) is 12.2 Å². The molecule has 1 heterocycles. The van der Waals surface area contributed by atoms with E-state index in [0.29, 0.717) is 32.1 Å². The van der Waals surface area contributed by atoms with Crippen molar-refractivity contribution < 1.29 is 22.4 Å². The number of halogens is 5. The van der Waals surface area contributed by atoms with Crippen molar-refractivity contribution in [2.45, 2.75) is 18.0 Å². The maximum atomic E-state index is 14.4. The van der Waals surface area contributed by atoms with E-state index in [1.807, 2.05) is 96.3 Å². The van der Waals surface area contributed by atoms with Crippen molar-refractivity contribution in [3.63, 3.8) is 0 Å². The van der Waals surface area contributed by atoms with E-state index >= 15 is 0 Å². The maximum absolute atomic E-state index is 14.4. The van der Waals surface area contributed by atoms with Crippen LogP contribution in [0.1, 0.15) is 33.4 Å². The maximum Gasteiger partial charge on any atom is 0.471 e. The zero-order valence-corrected chi connectivity index (χ0v) is 24.6. The number of nitrogens with one attached hydrogen (secondary N) is 2. The van der Waals surface area contributed by atoms with Crippen LogP contribution in [0.25, 0.3) is 10.9 Å². The molecule has 6 aromatic rings. The van der Waals surface area contributed by atoms with Crippen LogP contribution in [-0.4, -0.2) is 22.3 Å². The summed E-state index contributed by atoms with van der Waals surface area (Å²) in [6.07, 6.45) is -4.92. The highest BCUT2D eigenvalue weighted by Crippen LogP contribution is 2.51. The summed E-state index contributed by atoms with van der Waals surface area (Å²) in [6.45, 7) is 0. The van der Waals surface area contributed by atoms with Gasteiger partial charge in [-0.05, 0) is 58.0 Å². The van der Waals surface area contributed by atoms with Gasteiger partial charge in [0, 0.05) is 9.86 Å². The van der Waals surface area contributed by atoms with Crippen molar-refractivity contribution in [1.82, 2.24) is 10.2 Å². The van der Waals surface area contributed by atoms with Crippen LogP contribution >= 0.6 is 15.9 Å². The highest BCUT2D eigenvalue weighted by Gasteiger charge is 2.44. The van der Waals surface area contributed by atoms with Gasteiger partial charge in [-0.25, -0.2) is 4.39 Å². The first-order valence-electron chi connectivity index (χ1n) is 13.7. The molecule has 0 saturated carbocycles. The number of H-pyrrole nitrogens is 1. The first-order valence-corrected chi connectivity index (χ1v) is 14.5. The van der Waals surface area contributed by atoms with E-state index in [0.717, 1.165) is 16.7 Å². The second-order valence-electron chi connectivity index (χ2n) is 10.3. The minimum atomic E-state index is -5.14. The summed E-state index contributed by atoms with van der Waals surface area (Å²) < 4.78 is 55.7. The van der Waals surface area contributed by atoms with E-state index in [1.54, 1.807) is 18.2 Å². The fraction of sp³-hybridized carbons (Fsp3) is 0.0857. The average molecular weight is 658 g/mol. The van der Waals surface area contributed by atoms with Crippen LogP contribution in [0.4, 0.5) is 23.4 Å². The van der Waals surface area contributed by atoms with Crippen LogP contribution in [0.2, 0.25) is 0 Å². The Kier molecular flexibility index (Phi) is 7.82. The molecule has 0 bridgehead atoms. The second kappa shape index (κ2) is 11.7. The molecule has 0 aliphatic heterocycles. The van der Waals surface area contributed by atoms with Crippen LogP contribution < -0.4 is 5.32 Å². The summed E-state index contributed by atoms with van der Waals surface area (Å²) in [5.41, 5.74) is 3.67. The number of amides is 1. The first kappa shape index (κ1) is 29.3. The molecule has 0 aliphatic carbocycles. The van der Waals surface area contributed by atoms with Gasteiger partial charge in [-0.1, -0.05) is 119 Å². The molecule has 9 heteroatoms. The summed E-state index contributed by atoms with van der Waals surface area (Å²) in [7, 11) is 0. The molecule has 4 nitrogen and oxygen atoms in total. The zero-order chi connectivity index (χ0) is 30.9. The number of aromatic nitrogens is 2. The highest BCUT2D eigenvalue weighted by molar-refractivity contribution is 9.10. The Morgan fingerprint density at radius 3 is 1.82 bits per heavy atom. The Labute approximate surface area is 258 Å². The lowest BCUT2D eigenvalue weighted by Gasteiger charge is -2.39. The van der Waals surface area contributed by atoms with Gasteiger partial charge < -0.3 is 5.32 Å². The normalized spacial score (nSPS) is 11.9. The number of fused-ring (bicyclic) bond motifs is 1. The summed E-state index contributed by atoms with van der Waals surface area (Å²) in [6, 6.07) is 36.8. The summed E-state index contributed by atoms with van der Waals surface area (Å²) in [5.74, 6) is -2.82. The smallest absolute Gasteiger partial charge is 0.301 e. The summed E-state index contributed by atoms with van der Waals surface area (Å²) >= 11 is 3.74. The van der Waals surface area contributed by atoms with Gasteiger partial charge in [0.2, 0.25) is 0 Å². The Balaban J connectivity index is 1.82. The Morgan fingerprint density at radius 1 is 0.773 bits per heavy atom. The number of carbonyl (C=O) groups excluding carboxylic acids is 1. The van der Waals surface area contributed by atoms with Gasteiger partial charge in [0.25, 0.3) is 0 Å². The van der Waals surface area contributed by atoms with Gasteiger partial charge >= 0.3 is 12.1 Å². The average Bonchev–Trinajstić information content (AvgIpc) is 3.41. The second-order valence-corrected chi connectivity index (χ2v) is 11.2. The third-order valence-electron chi connectivity index (χ3n) is 7.66. The third-order valence-corrected chi connectivity index (χ3v) is 8.37. The molecule has 0 spiro atoms. The van der Waals surface area contributed by atoms with Crippen molar-refractivity contribution in [3.05, 3.63) is 165 Å². The number of hydrogen-bond acceptors (Lipinski definition) is 2. The predicted molar refractivity (Wildman–Crippen MR) is 166 cm³/mol. The lowest BCUT2D eigenvalue weighted by atomic mass is 9.62. The molecule has 0 fully saturated rings. The Bertz CT molecular complexity index is 1850. The van der Waals surface area contributed by atoms with Crippen LogP contribution in [0.3, 0.4) is 0 Å². The molecule has 220 valence electrons. The molecule has 0 radical (unpaired) electrons. The summed E-state index contributed by atoms with van der Waals surface area (Å²) in [5, 5.41) is 9.31. The fourth-order valence-electron chi connectivity index (χ4n) is 5.90.